The Balaban J connectivity index is 1.13. The fraction of sp³-hybridized carbons (Fsp3) is 0.640. The van der Waals surface area contributed by atoms with Crippen molar-refractivity contribution in [2.45, 2.75) is 75.9 Å². The van der Waals surface area contributed by atoms with Gasteiger partial charge in [0.05, 0.1) is 22.8 Å². The fourth-order valence-electron chi connectivity index (χ4n) is 5.17. The Hall–Kier alpha value is -2.00. The second-order valence-corrected chi connectivity index (χ2v) is 11.2. The summed E-state index contributed by atoms with van der Waals surface area (Å²) in [5.74, 6) is 1.24. The summed E-state index contributed by atoms with van der Waals surface area (Å²) in [7, 11) is 1.76. The van der Waals surface area contributed by atoms with Crippen LogP contribution < -0.4 is 16.1 Å². The van der Waals surface area contributed by atoms with Crippen molar-refractivity contribution < 1.29 is 9.47 Å². The Morgan fingerprint density at radius 3 is 2.83 bits per heavy atom. The van der Waals surface area contributed by atoms with Gasteiger partial charge in [0.1, 0.15) is 18.1 Å². The highest BCUT2D eigenvalue weighted by Gasteiger charge is 2.45. The second-order valence-electron chi connectivity index (χ2n) is 9.94. The first kappa shape index (κ1) is 25.6. The SMILES string of the molecule is CO[C@@H]1[C@@H](C)N1NC1CCC(Nc2cc(-c3csc(NC[C@@H]4CCO[C@@H](C#N)C4)n3)c(Cl)cn2)CC1. The summed E-state index contributed by atoms with van der Waals surface area (Å²) >= 11 is 8.07. The summed E-state index contributed by atoms with van der Waals surface area (Å²) < 4.78 is 10.9. The van der Waals surface area contributed by atoms with Crippen molar-refractivity contribution in [3.63, 3.8) is 0 Å². The van der Waals surface area contributed by atoms with Crippen molar-refractivity contribution >= 4 is 33.9 Å². The molecule has 0 radical (unpaired) electrons. The smallest absolute Gasteiger partial charge is 0.183 e. The molecule has 0 aromatic carbocycles. The summed E-state index contributed by atoms with van der Waals surface area (Å²) in [4.78, 5) is 9.29. The van der Waals surface area contributed by atoms with Gasteiger partial charge in [0.25, 0.3) is 0 Å². The minimum Gasteiger partial charge on any atom is -0.367 e. The number of hydrogen-bond donors (Lipinski definition) is 3. The highest BCUT2D eigenvalue weighted by atomic mass is 35.5. The first-order valence-electron chi connectivity index (χ1n) is 12.7. The van der Waals surface area contributed by atoms with E-state index in [1.165, 1.54) is 0 Å². The molecule has 1 saturated carbocycles. The Bertz CT molecular complexity index is 1070. The molecule has 11 heteroatoms. The Kier molecular flexibility index (Phi) is 8.25. The number of thiazole rings is 1. The zero-order chi connectivity index (χ0) is 25.1. The molecule has 5 rings (SSSR count). The number of hydrogen-bond acceptors (Lipinski definition) is 10. The van der Waals surface area contributed by atoms with Crippen LogP contribution in [0.5, 0.6) is 0 Å². The molecule has 194 valence electrons. The standard InChI is InChI=1S/C25H34ClN7O2S/c1-15-24(34-2)33(15)32-18-5-3-17(4-6-18)30-23-10-20(21(26)13-28-23)22-14-36-25(31-22)29-12-16-7-8-35-19(9-16)11-27/h10,13-19,24,32H,3-9,12H2,1-2H3,(H,28,30)(H,29,31)/t15-,16-,17?,18?,19-,24-,33?/m1/s1. The van der Waals surface area contributed by atoms with Crippen molar-refractivity contribution in [1.29, 1.82) is 5.26 Å². The van der Waals surface area contributed by atoms with Crippen molar-refractivity contribution in [2.24, 2.45) is 5.92 Å². The van der Waals surface area contributed by atoms with Gasteiger partial charge in [-0.25, -0.2) is 20.4 Å². The first-order valence-corrected chi connectivity index (χ1v) is 14.0. The maximum atomic E-state index is 9.11. The number of anilines is 2. The predicted octanol–water partition coefficient (Wildman–Crippen LogP) is 4.49. The zero-order valence-electron chi connectivity index (χ0n) is 20.7. The van der Waals surface area contributed by atoms with E-state index in [2.05, 4.69) is 39.0 Å². The number of nitrogens with one attached hydrogen (secondary N) is 3. The van der Waals surface area contributed by atoms with Gasteiger partial charge in [-0.1, -0.05) is 11.6 Å². The van der Waals surface area contributed by atoms with Gasteiger partial charge in [-0.15, -0.1) is 11.3 Å². The molecule has 36 heavy (non-hydrogen) atoms. The number of pyridine rings is 1. The number of nitriles is 1. The van der Waals surface area contributed by atoms with Gasteiger partial charge in [-0.3, -0.25) is 0 Å². The summed E-state index contributed by atoms with van der Waals surface area (Å²) in [6.07, 6.45) is 7.72. The number of rotatable bonds is 9. The van der Waals surface area contributed by atoms with Crippen LogP contribution in [0, 0.1) is 17.2 Å². The van der Waals surface area contributed by atoms with Crippen LogP contribution in [0.25, 0.3) is 11.3 Å². The van der Waals surface area contributed by atoms with E-state index in [0.717, 1.165) is 67.3 Å². The van der Waals surface area contributed by atoms with Crippen LogP contribution >= 0.6 is 22.9 Å². The summed E-state index contributed by atoms with van der Waals surface area (Å²) in [5, 5.41) is 21.8. The second kappa shape index (κ2) is 11.6. The number of aromatic nitrogens is 2. The van der Waals surface area contributed by atoms with Gasteiger partial charge < -0.3 is 20.1 Å². The molecule has 2 aromatic rings. The van der Waals surface area contributed by atoms with Crippen molar-refractivity contribution in [1.82, 2.24) is 20.4 Å². The van der Waals surface area contributed by atoms with Crippen molar-refractivity contribution in [3.05, 3.63) is 22.7 Å². The van der Waals surface area contributed by atoms with E-state index < -0.39 is 0 Å². The molecule has 5 atom stereocenters. The van der Waals surface area contributed by atoms with E-state index in [0.29, 0.717) is 35.7 Å². The number of nitrogens with zero attached hydrogens (tertiary/aromatic N) is 4. The lowest BCUT2D eigenvalue weighted by Crippen LogP contribution is -2.40. The summed E-state index contributed by atoms with van der Waals surface area (Å²) in [6, 6.07) is 5.55. The molecule has 3 fully saturated rings. The summed E-state index contributed by atoms with van der Waals surface area (Å²) in [6.45, 7) is 3.60. The van der Waals surface area contributed by atoms with E-state index in [1.807, 2.05) is 11.4 Å². The van der Waals surface area contributed by atoms with E-state index in [1.54, 1.807) is 24.6 Å². The molecular formula is C25H34ClN7O2S. The molecule has 1 unspecified atom stereocenters. The van der Waals surface area contributed by atoms with E-state index >= 15 is 0 Å². The van der Waals surface area contributed by atoms with E-state index in [4.69, 9.17) is 31.3 Å². The summed E-state index contributed by atoms with van der Waals surface area (Å²) in [5.41, 5.74) is 5.34. The minimum absolute atomic E-state index is 0.205. The van der Waals surface area contributed by atoms with Crippen molar-refractivity contribution in [3.8, 4) is 17.3 Å². The van der Waals surface area contributed by atoms with Gasteiger partial charge in [0, 0.05) is 49.5 Å². The van der Waals surface area contributed by atoms with Gasteiger partial charge in [-0.2, -0.15) is 5.26 Å². The number of ether oxygens (including phenoxy) is 2. The van der Waals surface area contributed by atoms with Crippen LogP contribution in [0.4, 0.5) is 10.9 Å². The number of hydrazine groups is 1. The number of halogens is 1. The van der Waals surface area contributed by atoms with Crippen LogP contribution in [0.3, 0.4) is 0 Å². The van der Waals surface area contributed by atoms with Crippen molar-refractivity contribution in [2.75, 3.05) is 30.9 Å². The molecule has 2 aliphatic heterocycles. The average molecular weight is 532 g/mol. The molecule has 4 heterocycles. The van der Waals surface area contributed by atoms with E-state index in [9.17, 15) is 0 Å². The lowest BCUT2D eigenvalue weighted by Gasteiger charge is -2.30. The molecule has 0 bridgehead atoms. The molecule has 0 spiro atoms. The van der Waals surface area contributed by atoms with Gasteiger partial charge in [0.15, 0.2) is 5.13 Å². The van der Waals surface area contributed by atoms with Crippen LogP contribution in [-0.4, -0.2) is 65.7 Å². The fourth-order valence-corrected chi connectivity index (χ4v) is 6.09. The molecule has 2 saturated heterocycles. The third-order valence-corrected chi connectivity index (χ3v) is 8.50. The highest BCUT2D eigenvalue weighted by Crippen LogP contribution is 2.33. The largest absolute Gasteiger partial charge is 0.367 e. The lowest BCUT2D eigenvalue weighted by molar-refractivity contribution is 0.0270. The normalized spacial score (nSPS) is 32.0. The highest BCUT2D eigenvalue weighted by molar-refractivity contribution is 7.14. The predicted molar refractivity (Wildman–Crippen MR) is 142 cm³/mol. The molecule has 3 aliphatic rings. The van der Waals surface area contributed by atoms with E-state index in [-0.39, 0.29) is 12.3 Å². The number of methoxy groups -OCH3 is 1. The first-order chi connectivity index (χ1) is 17.5. The van der Waals surface area contributed by atoms with Crippen LogP contribution in [-0.2, 0) is 9.47 Å². The average Bonchev–Trinajstić information content (AvgIpc) is 3.27. The molecule has 2 aromatic heterocycles. The topological polar surface area (TPSA) is 107 Å². The molecule has 0 amide bonds. The molecule has 1 aliphatic carbocycles. The third-order valence-electron chi connectivity index (χ3n) is 7.40. The van der Waals surface area contributed by atoms with Gasteiger partial charge in [-0.05, 0) is 57.4 Å². The van der Waals surface area contributed by atoms with Gasteiger partial charge >= 0.3 is 0 Å². The van der Waals surface area contributed by atoms with Crippen LogP contribution in [0.2, 0.25) is 5.02 Å². The lowest BCUT2D eigenvalue weighted by atomic mass is 9.91. The Morgan fingerprint density at radius 2 is 2.08 bits per heavy atom. The Morgan fingerprint density at radius 1 is 1.28 bits per heavy atom. The quantitative estimate of drug-likeness (QED) is 0.403. The van der Waals surface area contributed by atoms with Gasteiger partial charge in [0.2, 0.25) is 0 Å². The Labute approximate surface area is 221 Å². The monoisotopic (exact) mass is 531 g/mol. The third kappa shape index (κ3) is 6.10. The molecule has 9 nitrogen and oxygen atoms in total. The van der Waals surface area contributed by atoms with Crippen LogP contribution in [0.15, 0.2) is 17.6 Å². The molecule has 3 N–H and O–H groups in total. The van der Waals surface area contributed by atoms with Crippen LogP contribution in [0.1, 0.15) is 45.4 Å². The zero-order valence-corrected chi connectivity index (χ0v) is 22.3. The maximum Gasteiger partial charge on any atom is 0.183 e. The molecular weight excluding hydrogens is 498 g/mol. The minimum atomic E-state index is -0.298. The maximum absolute atomic E-state index is 9.11.